The van der Waals surface area contributed by atoms with Gasteiger partial charge in [-0.1, -0.05) is 24.3 Å². The van der Waals surface area contributed by atoms with E-state index in [0.717, 1.165) is 77.8 Å². The fourth-order valence-electron chi connectivity index (χ4n) is 5.63. The number of hydrogen-bond acceptors (Lipinski definition) is 6. The molecule has 0 atom stereocenters. The largest absolute Gasteiger partial charge is 0.351 e. The van der Waals surface area contributed by atoms with Crippen molar-refractivity contribution in [2.45, 2.75) is 38.5 Å². The van der Waals surface area contributed by atoms with Gasteiger partial charge in [0.25, 0.3) is 23.6 Å². The fourth-order valence-corrected chi connectivity index (χ4v) is 5.63. The summed E-state index contributed by atoms with van der Waals surface area (Å²) in [6, 6.07) is 0. The SMILES string of the molecule is O=C(NCCCN(CCCCN(CCCNC(=O)C1=C=CC=C1)CCCNC(=O)C1=C=CC=C1)CCCNC(=O)C1=C=CC=C1)C1=C=CC=C1. The Labute approximate surface area is 295 Å². The van der Waals surface area contributed by atoms with E-state index in [1.807, 2.05) is 0 Å². The molecule has 0 unspecified atom stereocenters. The highest BCUT2D eigenvalue weighted by Gasteiger charge is 2.13. The summed E-state index contributed by atoms with van der Waals surface area (Å²) >= 11 is 0. The monoisotopic (exact) mass is 676 g/mol. The molecular formula is C40H48N6O4. The molecule has 0 aromatic heterocycles. The Morgan fingerprint density at radius 3 is 0.860 bits per heavy atom. The highest BCUT2D eigenvalue weighted by Crippen LogP contribution is 2.07. The summed E-state index contributed by atoms with van der Waals surface area (Å²) in [7, 11) is 0. The molecule has 4 amide bonds. The van der Waals surface area contributed by atoms with Gasteiger partial charge in [-0.25, -0.2) is 0 Å². The number of nitrogens with zero attached hydrogens (tertiary/aromatic N) is 2. The van der Waals surface area contributed by atoms with Crippen molar-refractivity contribution in [2.24, 2.45) is 0 Å². The smallest absolute Gasteiger partial charge is 0.259 e. The Morgan fingerprint density at radius 1 is 0.400 bits per heavy atom. The first-order chi connectivity index (χ1) is 24.5. The highest BCUT2D eigenvalue weighted by molar-refractivity contribution is 5.98. The number of rotatable bonds is 25. The van der Waals surface area contributed by atoms with Crippen LogP contribution in [0.15, 0.2) is 118 Å². The van der Waals surface area contributed by atoms with Gasteiger partial charge in [0.05, 0.1) is 22.3 Å². The zero-order chi connectivity index (χ0) is 35.2. The van der Waals surface area contributed by atoms with Crippen molar-refractivity contribution in [2.75, 3.05) is 65.4 Å². The Kier molecular flexibility index (Phi) is 16.4. The standard InChI is InChI=1S/C40H48N6O4/c47-37(33-15-1-2-16-33)41-23-11-29-45(30-12-24-42-38(48)34-17-3-4-18-34)27-9-10-28-46(31-13-25-43-39(49)35-19-5-6-20-35)32-14-26-44-40(50)36-21-7-8-22-36/h1-8,15,17,19,21H,9-14,23-32H2,(H,41,47)(H,42,48)(H,43,49)(H,44,50). The number of nitrogens with one attached hydrogen (secondary N) is 4. The zero-order valence-electron chi connectivity index (χ0n) is 28.8. The summed E-state index contributed by atoms with van der Waals surface area (Å²) in [6.07, 6.45) is 26.4. The molecule has 0 radical (unpaired) electrons. The second kappa shape index (κ2) is 21.7. The molecule has 0 aromatic carbocycles. The lowest BCUT2D eigenvalue weighted by atomic mass is 10.2. The first kappa shape index (κ1) is 37.7. The molecule has 0 fully saturated rings. The van der Waals surface area contributed by atoms with E-state index >= 15 is 0 Å². The first-order valence-corrected chi connectivity index (χ1v) is 17.6. The lowest BCUT2D eigenvalue weighted by molar-refractivity contribution is -0.118. The Bertz CT molecular complexity index is 1410. The minimum atomic E-state index is -0.110. The van der Waals surface area contributed by atoms with E-state index in [4.69, 9.17) is 0 Å². The van der Waals surface area contributed by atoms with Crippen molar-refractivity contribution in [1.29, 1.82) is 0 Å². The van der Waals surface area contributed by atoms with Gasteiger partial charge in [-0.2, -0.15) is 0 Å². The topological polar surface area (TPSA) is 123 Å². The minimum absolute atomic E-state index is 0.110. The number of carbonyl (C=O) groups excluding carboxylic acids is 4. The van der Waals surface area contributed by atoms with Crippen LogP contribution in [0.5, 0.6) is 0 Å². The number of amides is 4. The molecule has 4 aliphatic carbocycles. The molecule has 4 N–H and O–H groups in total. The normalized spacial score (nSPS) is 14.5. The predicted molar refractivity (Wildman–Crippen MR) is 196 cm³/mol. The lowest BCUT2D eigenvalue weighted by Gasteiger charge is -2.25. The molecule has 50 heavy (non-hydrogen) atoms. The van der Waals surface area contributed by atoms with Crippen LogP contribution in [0.3, 0.4) is 0 Å². The average molecular weight is 677 g/mol. The van der Waals surface area contributed by atoms with E-state index < -0.39 is 0 Å². The Balaban J connectivity index is 1.20. The molecule has 262 valence electrons. The van der Waals surface area contributed by atoms with Crippen molar-refractivity contribution in [3.8, 4) is 0 Å². The molecule has 4 rings (SSSR count). The zero-order valence-corrected chi connectivity index (χ0v) is 28.8. The van der Waals surface area contributed by atoms with Gasteiger partial charge >= 0.3 is 0 Å². The maximum absolute atomic E-state index is 12.3. The second-order valence-electron chi connectivity index (χ2n) is 12.2. The van der Waals surface area contributed by atoms with E-state index in [2.05, 4.69) is 54.0 Å². The van der Waals surface area contributed by atoms with Crippen molar-refractivity contribution in [3.63, 3.8) is 0 Å². The molecular weight excluding hydrogens is 628 g/mol. The molecule has 0 heterocycles. The van der Waals surface area contributed by atoms with Crippen LogP contribution in [0.4, 0.5) is 0 Å². The third-order valence-corrected chi connectivity index (χ3v) is 8.32. The molecule has 0 aromatic rings. The van der Waals surface area contributed by atoms with Crippen LogP contribution in [0.2, 0.25) is 0 Å². The molecule has 0 saturated heterocycles. The maximum atomic E-state index is 12.3. The molecule has 10 nitrogen and oxygen atoms in total. The third kappa shape index (κ3) is 13.8. The molecule has 0 saturated carbocycles. The van der Waals surface area contributed by atoms with E-state index in [1.54, 1.807) is 72.9 Å². The number of unbranched alkanes of at least 4 members (excludes halogenated alkanes) is 1. The molecule has 10 heteroatoms. The van der Waals surface area contributed by atoms with E-state index in [9.17, 15) is 19.2 Å². The van der Waals surface area contributed by atoms with E-state index in [0.29, 0.717) is 48.5 Å². The van der Waals surface area contributed by atoms with Gasteiger partial charge in [-0.3, -0.25) is 19.2 Å². The Hall–Kier alpha value is -5.16. The maximum Gasteiger partial charge on any atom is 0.259 e. The molecule has 4 aliphatic rings. The van der Waals surface area contributed by atoms with Crippen LogP contribution in [-0.2, 0) is 19.2 Å². The van der Waals surface area contributed by atoms with Crippen molar-refractivity contribution in [3.05, 3.63) is 118 Å². The minimum Gasteiger partial charge on any atom is -0.351 e. The van der Waals surface area contributed by atoms with Crippen LogP contribution in [-0.4, -0.2) is 98.9 Å². The molecule has 0 bridgehead atoms. The van der Waals surface area contributed by atoms with Crippen molar-refractivity contribution < 1.29 is 19.2 Å². The first-order valence-electron chi connectivity index (χ1n) is 17.6. The van der Waals surface area contributed by atoms with Gasteiger partial charge in [0.15, 0.2) is 0 Å². The van der Waals surface area contributed by atoms with Crippen LogP contribution in [0.1, 0.15) is 38.5 Å². The number of hydrogen-bond donors (Lipinski definition) is 4. The summed E-state index contributed by atoms with van der Waals surface area (Å²) in [5, 5.41) is 11.9. The van der Waals surface area contributed by atoms with Gasteiger partial charge in [-0.05, 0) is 126 Å². The summed E-state index contributed by atoms with van der Waals surface area (Å²) in [4.78, 5) is 54.1. The summed E-state index contributed by atoms with van der Waals surface area (Å²) < 4.78 is 0. The average Bonchev–Trinajstić information content (AvgIpc) is 3.97. The van der Waals surface area contributed by atoms with Crippen LogP contribution in [0, 0.1) is 0 Å². The fraction of sp³-hybridized carbons (Fsp3) is 0.400. The summed E-state index contributed by atoms with van der Waals surface area (Å²) in [6.45, 7) is 7.45. The van der Waals surface area contributed by atoms with Gasteiger partial charge in [0, 0.05) is 26.2 Å². The lowest BCUT2D eigenvalue weighted by Crippen LogP contribution is -2.35. The summed E-state index contributed by atoms with van der Waals surface area (Å²) in [5.74, 6) is -0.439. The third-order valence-electron chi connectivity index (χ3n) is 8.32. The van der Waals surface area contributed by atoms with E-state index in [1.165, 1.54) is 0 Å². The molecule has 0 aliphatic heterocycles. The van der Waals surface area contributed by atoms with E-state index in [-0.39, 0.29) is 23.6 Å². The van der Waals surface area contributed by atoms with Crippen LogP contribution >= 0.6 is 0 Å². The van der Waals surface area contributed by atoms with Gasteiger partial charge in [-0.15, -0.1) is 22.9 Å². The van der Waals surface area contributed by atoms with Gasteiger partial charge < -0.3 is 31.1 Å². The second-order valence-corrected chi connectivity index (χ2v) is 12.2. The van der Waals surface area contributed by atoms with Crippen LogP contribution < -0.4 is 21.3 Å². The van der Waals surface area contributed by atoms with Crippen molar-refractivity contribution >= 4 is 23.6 Å². The van der Waals surface area contributed by atoms with Crippen LogP contribution in [0.25, 0.3) is 0 Å². The number of carbonyl (C=O) groups is 4. The van der Waals surface area contributed by atoms with Crippen molar-refractivity contribution in [1.82, 2.24) is 31.1 Å². The van der Waals surface area contributed by atoms with Gasteiger partial charge in [0.2, 0.25) is 0 Å². The highest BCUT2D eigenvalue weighted by atomic mass is 16.2. The quantitative estimate of drug-likeness (QED) is 0.0872. The molecule has 0 spiro atoms. The Morgan fingerprint density at radius 2 is 0.640 bits per heavy atom. The number of allylic oxidation sites excluding steroid dienone is 4. The summed E-state index contributed by atoms with van der Waals surface area (Å²) in [5.41, 5.74) is 13.9. The van der Waals surface area contributed by atoms with Gasteiger partial charge in [0.1, 0.15) is 0 Å². The predicted octanol–water partition coefficient (Wildman–Crippen LogP) is 3.00.